The maximum absolute atomic E-state index is 8.59. The van der Waals surface area contributed by atoms with E-state index in [2.05, 4.69) is 10.3 Å². The highest BCUT2D eigenvalue weighted by molar-refractivity contribution is 7.99. The van der Waals surface area contributed by atoms with Crippen LogP contribution < -0.4 is 11.1 Å². The van der Waals surface area contributed by atoms with E-state index in [4.69, 9.17) is 22.4 Å². The van der Waals surface area contributed by atoms with Crippen LogP contribution in [-0.4, -0.2) is 34.7 Å². The molecule has 0 fully saturated rings. The maximum atomic E-state index is 8.59. The van der Waals surface area contributed by atoms with Crippen molar-refractivity contribution in [3.05, 3.63) is 17.3 Å². The highest BCUT2D eigenvalue weighted by atomic mass is 35.5. The molecule has 4 N–H and O–H groups in total. The first-order valence-corrected chi connectivity index (χ1v) is 6.61. The number of rotatable bonds is 7. The Morgan fingerprint density at radius 2 is 2.31 bits per heavy atom. The molecule has 0 saturated carbocycles. The lowest BCUT2D eigenvalue weighted by molar-refractivity contribution is 0.296. The molecule has 0 aromatic carbocycles. The van der Waals surface area contributed by atoms with Crippen molar-refractivity contribution < 1.29 is 5.11 Å². The molecule has 0 atom stereocenters. The summed E-state index contributed by atoms with van der Waals surface area (Å²) in [5.41, 5.74) is 6.10. The van der Waals surface area contributed by atoms with Crippen molar-refractivity contribution in [2.24, 2.45) is 0 Å². The number of hydrogen-bond acceptors (Lipinski definition) is 5. The van der Waals surface area contributed by atoms with Gasteiger partial charge in [0.25, 0.3) is 0 Å². The summed E-state index contributed by atoms with van der Waals surface area (Å²) in [7, 11) is 0. The molecular formula is C10H16ClN3OS. The van der Waals surface area contributed by atoms with Crippen LogP contribution in [0.3, 0.4) is 0 Å². The predicted molar refractivity (Wildman–Crippen MR) is 71.2 cm³/mol. The first-order valence-electron chi connectivity index (χ1n) is 5.07. The summed E-state index contributed by atoms with van der Waals surface area (Å²) in [6, 6.07) is 1.68. The molecule has 4 nitrogen and oxygen atoms in total. The number of aliphatic hydroxyl groups is 1. The second-order valence-corrected chi connectivity index (χ2v) is 4.85. The Balaban J connectivity index is 2.21. The van der Waals surface area contributed by atoms with Crippen LogP contribution in [0.2, 0.25) is 5.02 Å². The average molecular weight is 262 g/mol. The lowest BCUT2D eigenvalue weighted by atomic mass is 10.4. The van der Waals surface area contributed by atoms with Crippen LogP contribution in [0.5, 0.6) is 0 Å². The van der Waals surface area contributed by atoms with E-state index in [0.29, 0.717) is 16.5 Å². The van der Waals surface area contributed by atoms with Crippen molar-refractivity contribution in [2.75, 3.05) is 35.7 Å². The van der Waals surface area contributed by atoms with Gasteiger partial charge in [-0.15, -0.1) is 0 Å². The van der Waals surface area contributed by atoms with Crippen molar-refractivity contribution in [3.8, 4) is 0 Å². The Labute approximate surface area is 105 Å². The third kappa shape index (κ3) is 4.92. The fraction of sp³-hybridized carbons (Fsp3) is 0.500. The van der Waals surface area contributed by atoms with E-state index in [1.807, 2.05) is 0 Å². The molecule has 1 aromatic heterocycles. The fourth-order valence-corrected chi connectivity index (χ4v) is 2.12. The van der Waals surface area contributed by atoms with Gasteiger partial charge in [0, 0.05) is 18.9 Å². The Bertz CT molecular complexity index is 325. The minimum absolute atomic E-state index is 0.256. The highest BCUT2D eigenvalue weighted by Gasteiger charge is 2.00. The molecule has 6 heteroatoms. The van der Waals surface area contributed by atoms with E-state index < -0.39 is 0 Å². The zero-order chi connectivity index (χ0) is 11.8. The number of nitrogens with two attached hydrogens (primary N) is 1. The Morgan fingerprint density at radius 1 is 1.50 bits per heavy atom. The number of nitrogen functional groups attached to an aromatic ring is 1. The molecule has 0 aliphatic carbocycles. The van der Waals surface area contributed by atoms with Gasteiger partial charge in [-0.1, -0.05) is 11.6 Å². The van der Waals surface area contributed by atoms with Crippen LogP contribution in [0.25, 0.3) is 0 Å². The van der Waals surface area contributed by atoms with E-state index in [1.54, 1.807) is 24.0 Å². The van der Waals surface area contributed by atoms with Crippen LogP contribution in [-0.2, 0) is 0 Å². The number of nitrogens with zero attached hydrogens (tertiary/aromatic N) is 1. The molecule has 0 bridgehead atoms. The van der Waals surface area contributed by atoms with Gasteiger partial charge in [-0.3, -0.25) is 0 Å². The minimum atomic E-state index is 0.256. The van der Waals surface area contributed by atoms with Gasteiger partial charge in [0.05, 0.1) is 16.9 Å². The molecule has 0 radical (unpaired) electrons. The molecule has 1 heterocycles. The number of anilines is 2. The Hall–Kier alpha value is -0.650. The van der Waals surface area contributed by atoms with E-state index in [1.165, 1.54) is 0 Å². The van der Waals surface area contributed by atoms with Gasteiger partial charge in [0.15, 0.2) is 0 Å². The van der Waals surface area contributed by atoms with E-state index >= 15 is 0 Å². The smallest absolute Gasteiger partial charge is 0.144 e. The van der Waals surface area contributed by atoms with E-state index in [-0.39, 0.29) is 6.61 Å². The Kier molecular flexibility index (Phi) is 6.37. The molecule has 1 rings (SSSR count). The minimum Gasteiger partial charge on any atom is -0.397 e. The van der Waals surface area contributed by atoms with Gasteiger partial charge < -0.3 is 16.2 Å². The normalized spacial score (nSPS) is 10.4. The standard InChI is InChI=1S/C10H16ClN3OS/c11-9-6-8(12)7-14-10(9)13-2-5-16-4-1-3-15/h6-7,15H,1-5,12H2,(H,13,14). The number of hydrogen-bond donors (Lipinski definition) is 3. The monoisotopic (exact) mass is 261 g/mol. The average Bonchev–Trinajstić information content (AvgIpc) is 2.26. The number of thioether (sulfide) groups is 1. The first-order chi connectivity index (χ1) is 7.74. The third-order valence-electron chi connectivity index (χ3n) is 1.85. The van der Waals surface area contributed by atoms with Crippen LogP contribution in [0.15, 0.2) is 12.3 Å². The molecule has 0 spiro atoms. The number of halogens is 1. The van der Waals surface area contributed by atoms with E-state index in [0.717, 1.165) is 24.5 Å². The van der Waals surface area contributed by atoms with Gasteiger partial charge in [-0.2, -0.15) is 11.8 Å². The van der Waals surface area contributed by atoms with Crippen LogP contribution in [0.4, 0.5) is 11.5 Å². The molecule has 16 heavy (non-hydrogen) atoms. The second-order valence-electron chi connectivity index (χ2n) is 3.22. The quantitative estimate of drug-likeness (QED) is 0.654. The summed E-state index contributed by atoms with van der Waals surface area (Å²) >= 11 is 7.74. The molecule has 90 valence electrons. The number of aromatic nitrogens is 1. The summed E-state index contributed by atoms with van der Waals surface area (Å²) in [5, 5.41) is 12.3. The van der Waals surface area contributed by atoms with E-state index in [9.17, 15) is 0 Å². The van der Waals surface area contributed by atoms with Gasteiger partial charge in [0.2, 0.25) is 0 Å². The van der Waals surface area contributed by atoms with Gasteiger partial charge >= 0.3 is 0 Å². The zero-order valence-corrected chi connectivity index (χ0v) is 10.5. The van der Waals surface area contributed by atoms with Crippen LogP contribution >= 0.6 is 23.4 Å². The summed E-state index contributed by atoms with van der Waals surface area (Å²) in [5.74, 6) is 2.60. The number of pyridine rings is 1. The summed E-state index contributed by atoms with van der Waals surface area (Å²) in [6.45, 7) is 1.05. The van der Waals surface area contributed by atoms with Crippen molar-refractivity contribution in [2.45, 2.75) is 6.42 Å². The van der Waals surface area contributed by atoms with Crippen molar-refractivity contribution >= 4 is 34.9 Å². The summed E-state index contributed by atoms with van der Waals surface area (Å²) < 4.78 is 0. The van der Waals surface area contributed by atoms with Crippen LogP contribution in [0, 0.1) is 0 Å². The third-order valence-corrected chi connectivity index (χ3v) is 3.21. The summed E-state index contributed by atoms with van der Waals surface area (Å²) in [6.07, 6.45) is 2.42. The number of aliphatic hydroxyl groups excluding tert-OH is 1. The largest absolute Gasteiger partial charge is 0.397 e. The molecule has 0 aliphatic rings. The van der Waals surface area contributed by atoms with Gasteiger partial charge in [-0.25, -0.2) is 4.98 Å². The molecule has 0 amide bonds. The topological polar surface area (TPSA) is 71.2 Å². The first kappa shape index (κ1) is 13.4. The van der Waals surface area contributed by atoms with Crippen molar-refractivity contribution in [3.63, 3.8) is 0 Å². The maximum Gasteiger partial charge on any atom is 0.144 e. The predicted octanol–water partition coefficient (Wildman–Crippen LogP) is 1.84. The Morgan fingerprint density at radius 3 is 3.00 bits per heavy atom. The summed E-state index contributed by atoms with van der Waals surface area (Å²) in [4.78, 5) is 4.09. The lowest BCUT2D eigenvalue weighted by Crippen LogP contribution is -2.07. The molecular weight excluding hydrogens is 246 g/mol. The van der Waals surface area contributed by atoms with Crippen molar-refractivity contribution in [1.82, 2.24) is 4.98 Å². The van der Waals surface area contributed by atoms with Gasteiger partial charge in [0.1, 0.15) is 5.82 Å². The molecule has 0 unspecified atom stereocenters. The number of nitrogens with one attached hydrogen (secondary N) is 1. The molecule has 0 aliphatic heterocycles. The van der Waals surface area contributed by atoms with Gasteiger partial charge in [-0.05, 0) is 18.2 Å². The molecule has 1 aromatic rings. The fourth-order valence-electron chi connectivity index (χ4n) is 1.09. The van der Waals surface area contributed by atoms with Crippen molar-refractivity contribution in [1.29, 1.82) is 0 Å². The van der Waals surface area contributed by atoms with Crippen LogP contribution in [0.1, 0.15) is 6.42 Å². The lowest BCUT2D eigenvalue weighted by Gasteiger charge is -2.07. The highest BCUT2D eigenvalue weighted by Crippen LogP contribution is 2.20. The molecule has 0 saturated heterocycles. The SMILES string of the molecule is Nc1cnc(NCCSCCCO)c(Cl)c1. The second kappa shape index (κ2) is 7.60. The zero-order valence-electron chi connectivity index (χ0n) is 8.95.